The summed E-state index contributed by atoms with van der Waals surface area (Å²) in [4.78, 5) is 29.0. The van der Waals surface area contributed by atoms with Crippen molar-refractivity contribution in [1.29, 1.82) is 0 Å². The molecule has 1 aromatic rings. The van der Waals surface area contributed by atoms with E-state index in [9.17, 15) is 4.79 Å². The lowest BCUT2D eigenvalue weighted by atomic mass is 10.1. The molecular formula is C15H21N5O. The zero-order valence-corrected chi connectivity index (χ0v) is 12.4. The molecule has 6 nitrogen and oxygen atoms in total. The van der Waals surface area contributed by atoms with Crippen LogP contribution in [-0.4, -0.2) is 46.4 Å². The number of amidine groups is 1. The van der Waals surface area contributed by atoms with Gasteiger partial charge >= 0.3 is 6.03 Å². The summed E-state index contributed by atoms with van der Waals surface area (Å²) in [6.07, 6.45) is 5.88. The van der Waals surface area contributed by atoms with E-state index < -0.39 is 0 Å². The monoisotopic (exact) mass is 287 g/mol. The first-order valence-electron chi connectivity index (χ1n) is 8.03. The Bertz CT molecular complexity index is 599. The highest BCUT2D eigenvalue weighted by Gasteiger charge is 2.40. The highest BCUT2D eigenvalue weighted by molar-refractivity contribution is 6.18. The number of nitrogens with one attached hydrogen (secondary N) is 1. The van der Waals surface area contributed by atoms with Crippen molar-refractivity contribution in [3.8, 4) is 0 Å². The van der Waals surface area contributed by atoms with Crippen LogP contribution in [0.4, 0.5) is 10.6 Å². The summed E-state index contributed by atoms with van der Waals surface area (Å²) in [7, 11) is 0. The van der Waals surface area contributed by atoms with Crippen molar-refractivity contribution in [2.75, 3.05) is 24.5 Å². The van der Waals surface area contributed by atoms with Gasteiger partial charge in [0.15, 0.2) is 11.7 Å². The number of aliphatic imine (C=N–C) groups is 1. The Morgan fingerprint density at radius 1 is 1.33 bits per heavy atom. The summed E-state index contributed by atoms with van der Waals surface area (Å²) in [5.41, 5.74) is 0.947. The van der Waals surface area contributed by atoms with E-state index in [4.69, 9.17) is 4.98 Å². The third-order valence-corrected chi connectivity index (χ3v) is 4.67. The second kappa shape index (κ2) is 4.86. The third kappa shape index (κ3) is 1.88. The van der Waals surface area contributed by atoms with Crippen LogP contribution in [0.1, 0.15) is 56.5 Å². The Morgan fingerprint density at radius 2 is 2.14 bits per heavy atom. The zero-order chi connectivity index (χ0) is 14.4. The lowest BCUT2D eigenvalue weighted by molar-refractivity contribution is 0.228. The van der Waals surface area contributed by atoms with E-state index in [0.29, 0.717) is 25.6 Å². The van der Waals surface area contributed by atoms with E-state index in [-0.39, 0.29) is 6.03 Å². The van der Waals surface area contributed by atoms with Crippen molar-refractivity contribution in [3.63, 3.8) is 0 Å². The van der Waals surface area contributed by atoms with E-state index in [1.807, 2.05) is 4.90 Å². The van der Waals surface area contributed by atoms with Crippen molar-refractivity contribution in [2.45, 2.75) is 44.9 Å². The average molecular weight is 287 g/mol. The van der Waals surface area contributed by atoms with Crippen LogP contribution in [0.25, 0.3) is 0 Å². The molecule has 0 atom stereocenters. The molecule has 2 aliphatic heterocycles. The van der Waals surface area contributed by atoms with Gasteiger partial charge in [0.25, 0.3) is 0 Å². The number of hydrogen-bond donors (Lipinski definition) is 1. The number of hydrogen-bond acceptors (Lipinski definition) is 3. The van der Waals surface area contributed by atoms with Crippen LogP contribution in [0.5, 0.6) is 0 Å². The van der Waals surface area contributed by atoms with Crippen LogP contribution in [0.3, 0.4) is 0 Å². The van der Waals surface area contributed by atoms with Crippen molar-refractivity contribution >= 4 is 17.7 Å². The summed E-state index contributed by atoms with van der Waals surface area (Å²) in [5, 5.41) is 0. The van der Waals surface area contributed by atoms with Crippen molar-refractivity contribution in [3.05, 3.63) is 11.5 Å². The normalized spacial score (nSPS) is 21.8. The molecule has 0 radical (unpaired) electrons. The molecule has 3 aliphatic rings. The molecule has 4 rings (SSSR count). The van der Waals surface area contributed by atoms with Gasteiger partial charge in [0.05, 0.1) is 6.54 Å². The van der Waals surface area contributed by atoms with Crippen molar-refractivity contribution < 1.29 is 4.79 Å². The maximum atomic E-state index is 12.6. The largest absolute Gasteiger partial charge is 0.337 e. The van der Waals surface area contributed by atoms with E-state index in [0.717, 1.165) is 29.6 Å². The lowest BCUT2D eigenvalue weighted by Gasteiger charge is -2.31. The molecule has 3 heterocycles. The van der Waals surface area contributed by atoms with Crippen LogP contribution in [0.2, 0.25) is 0 Å². The molecule has 1 aromatic heterocycles. The van der Waals surface area contributed by atoms with Crippen LogP contribution in [-0.2, 0) is 0 Å². The number of amides is 2. The molecule has 1 N–H and O–H groups in total. The van der Waals surface area contributed by atoms with Gasteiger partial charge in [-0.25, -0.2) is 9.78 Å². The molecule has 1 aliphatic carbocycles. The van der Waals surface area contributed by atoms with Gasteiger partial charge in [-0.1, -0.05) is 19.8 Å². The number of nitrogens with zero attached hydrogens (tertiary/aromatic N) is 4. The molecule has 1 saturated carbocycles. The molecule has 21 heavy (non-hydrogen) atoms. The minimum atomic E-state index is 0.0325. The SMILES string of the molecule is CCCN1C(=O)N2CCN=C2c2[nH]c(C3CCCC3)nc21. The topological polar surface area (TPSA) is 64.6 Å². The Hall–Kier alpha value is -1.85. The Balaban J connectivity index is 1.78. The molecule has 0 bridgehead atoms. The second-order valence-corrected chi connectivity index (χ2v) is 6.09. The van der Waals surface area contributed by atoms with Crippen molar-refractivity contribution in [1.82, 2.24) is 14.9 Å². The average Bonchev–Trinajstić information content (AvgIpc) is 3.21. The fraction of sp³-hybridized carbons (Fsp3) is 0.667. The van der Waals surface area contributed by atoms with Gasteiger partial charge in [-0.05, 0) is 19.3 Å². The third-order valence-electron chi connectivity index (χ3n) is 4.67. The van der Waals surface area contributed by atoms with Gasteiger partial charge in [0.2, 0.25) is 0 Å². The Morgan fingerprint density at radius 3 is 2.90 bits per heavy atom. The van der Waals surface area contributed by atoms with Gasteiger partial charge < -0.3 is 4.98 Å². The number of anilines is 1. The van der Waals surface area contributed by atoms with Crippen LogP contribution in [0.15, 0.2) is 4.99 Å². The number of carbonyl (C=O) groups is 1. The fourth-order valence-corrected chi connectivity index (χ4v) is 3.63. The van der Waals surface area contributed by atoms with Gasteiger partial charge in [-0.2, -0.15) is 0 Å². The van der Waals surface area contributed by atoms with Gasteiger partial charge in [-0.15, -0.1) is 0 Å². The lowest BCUT2D eigenvalue weighted by Crippen LogP contribution is -2.50. The van der Waals surface area contributed by atoms with E-state index in [1.165, 1.54) is 25.7 Å². The number of aromatic nitrogens is 2. The molecule has 2 amide bonds. The molecule has 0 unspecified atom stereocenters. The summed E-state index contributed by atoms with van der Waals surface area (Å²) < 4.78 is 0. The minimum absolute atomic E-state index is 0.0325. The maximum Gasteiger partial charge on any atom is 0.331 e. The van der Waals surface area contributed by atoms with Crippen LogP contribution < -0.4 is 4.90 Å². The summed E-state index contributed by atoms with van der Waals surface area (Å²) in [5.74, 6) is 3.15. The molecule has 6 heteroatoms. The van der Waals surface area contributed by atoms with E-state index in [2.05, 4.69) is 16.9 Å². The predicted octanol–water partition coefficient (Wildman–Crippen LogP) is 2.48. The van der Waals surface area contributed by atoms with E-state index >= 15 is 0 Å². The molecule has 0 spiro atoms. The Labute approximate surface area is 124 Å². The van der Waals surface area contributed by atoms with E-state index in [1.54, 1.807) is 4.90 Å². The smallest absolute Gasteiger partial charge is 0.331 e. The first-order valence-corrected chi connectivity index (χ1v) is 8.03. The fourth-order valence-electron chi connectivity index (χ4n) is 3.63. The first kappa shape index (κ1) is 12.9. The number of carbonyl (C=O) groups excluding carboxylic acids is 1. The molecule has 0 aromatic carbocycles. The standard InChI is InChI=1S/C15H21N5O/c1-2-8-19-14-11(13-16-7-9-20(13)15(19)21)17-12(18-14)10-5-3-4-6-10/h10H,2-9H2,1H3,(H,17,18). The number of fused-ring (bicyclic) bond motifs is 3. The highest BCUT2D eigenvalue weighted by atomic mass is 16.2. The summed E-state index contributed by atoms with van der Waals surface area (Å²) >= 11 is 0. The van der Waals surface area contributed by atoms with Crippen molar-refractivity contribution in [2.24, 2.45) is 4.99 Å². The highest BCUT2D eigenvalue weighted by Crippen LogP contribution is 2.36. The number of rotatable bonds is 3. The van der Waals surface area contributed by atoms with Crippen LogP contribution in [0, 0.1) is 0 Å². The first-order chi connectivity index (χ1) is 10.3. The summed E-state index contributed by atoms with van der Waals surface area (Å²) in [6.45, 7) is 4.18. The maximum absolute atomic E-state index is 12.6. The number of H-pyrrole nitrogens is 1. The second-order valence-electron chi connectivity index (χ2n) is 6.09. The van der Waals surface area contributed by atoms with Gasteiger partial charge in [0.1, 0.15) is 11.5 Å². The number of aromatic amines is 1. The quantitative estimate of drug-likeness (QED) is 0.928. The van der Waals surface area contributed by atoms with Crippen LogP contribution >= 0.6 is 0 Å². The molecular weight excluding hydrogens is 266 g/mol. The number of imidazole rings is 1. The molecule has 112 valence electrons. The van der Waals surface area contributed by atoms with Gasteiger partial charge in [0, 0.05) is 19.0 Å². The number of urea groups is 1. The zero-order valence-electron chi connectivity index (χ0n) is 12.4. The van der Waals surface area contributed by atoms with Gasteiger partial charge in [-0.3, -0.25) is 14.8 Å². The molecule has 0 saturated heterocycles. The summed E-state index contributed by atoms with van der Waals surface area (Å²) in [6, 6.07) is 0.0325. The predicted molar refractivity (Wildman–Crippen MR) is 80.9 cm³/mol. The minimum Gasteiger partial charge on any atom is -0.337 e. The molecule has 1 fully saturated rings. The Kier molecular flexibility index (Phi) is 2.97.